The summed E-state index contributed by atoms with van der Waals surface area (Å²) in [5.74, 6) is -0.00476. The van der Waals surface area contributed by atoms with E-state index < -0.39 is 0 Å². The van der Waals surface area contributed by atoms with Crippen molar-refractivity contribution in [2.45, 2.75) is 38.8 Å². The molecule has 2 aromatic rings. The summed E-state index contributed by atoms with van der Waals surface area (Å²) in [4.78, 5) is 12.6. The lowest BCUT2D eigenvalue weighted by molar-refractivity contribution is 0.0929. The molecule has 1 aliphatic heterocycles. The van der Waals surface area contributed by atoms with E-state index in [0.29, 0.717) is 12.1 Å². The van der Waals surface area contributed by atoms with E-state index in [4.69, 9.17) is 0 Å². The molecule has 1 aromatic heterocycles. The Bertz CT molecular complexity index is 650. The summed E-state index contributed by atoms with van der Waals surface area (Å²) in [6.07, 6.45) is 4.64. The van der Waals surface area contributed by atoms with Crippen LogP contribution < -0.4 is 10.6 Å². The Morgan fingerprint density at radius 3 is 2.83 bits per heavy atom. The van der Waals surface area contributed by atoms with Crippen molar-refractivity contribution in [1.82, 2.24) is 20.4 Å². The smallest absolute Gasteiger partial charge is 0.255 e. The first-order valence-electron chi connectivity index (χ1n) is 8.38. The topological polar surface area (TPSA) is 59.0 Å². The molecule has 24 heavy (non-hydrogen) atoms. The molecule has 1 unspecified atom stereocenters. The highest BCUT2D eigenvalue weighted by Crippen LogP contribution is 2.13. The molecule has 1 aromatic carbocycles. The third-order valence-electron chi connectivity index (χ3n) is 4.34. The van der Waals surface area contributed by atoms with Gasteiger partial charge in [-0.3, -0.25) is 9.48 Å². The summed E-state index contributed by atoms with van der Waals surface area (Å²) in [5, 5.41) is 10.9. The van der Waals surface area contributed by atoms with Gasteiger partial charge in [-0.1, -0.05) is 37.3 Å². The molecule has 0 aliphatic carbocycles. The number of halogens is 1. The minimum Gasteiger partial charge on any atom is -0.348 e. The molecule has 0 saturated carbocycles. The number of hydrogen-bond acceptors (Lipinski definition) is 3. The molecule has 1 fully saturated rings. The fourth-order valence-electron chi connectivity index (χ4n) is 3.10. The monoisotopic (exact) mass is 348 g/mol. The van der Waals surface area contributed by atoms with Gasteiger partial charge in [-0.2, -0.15) is 5.10 Å². The standard InChI is InChI=1S/C18H24N4O.ClH/c1-2-17-16(18(23)21-15-9-6-10-19-11-15)12-20-22(17)13-14-7-4-3-5-8-14;/h3-5,7-8,12,15,19H,2,6,9-11,13H2,1H3,(H,21,23);1H. The average Bonchev–Trinajstić information content (AvgIpc) is 2.99. The largest absolute Gasteiger partial charge is 0.348 e. The molecule has 1 aliphatic rings. The van der Waals surface area contributed by atoms with Crippen LogP contribution in [0.5, 0.6) is 0 Å². The lowest BCUT2D eigenvalue weighted by Crippen LogP contribution is -2.45. The van der Waals surface area contributed by atoms with E-state index in [1.165, 1.54) is 5.56 Å². The van der Waals surface area contributed by atoms with Gasteiger partial charge in [0, 0.05) is 12.6 Å². The molecule has 0 bridgehead atoms. The van der Waals surface area contributed by atoms with E-state index in [0.717, 1.165) is 38.0 Å². The highest BCUT2D eigenvalue weighted by molar-refractivity contribution is 5.95. The highest BCUT2D eigenvalue weighted by Gasteiger charge is 2.20. The summed E-state index contributed by atoms with van der Waals surface area (Å²) in [5.41, 5.74) is 2.89. The predicted octanol–water partition coefficient (Wildman–Crippen LogP) is 2.40. The number of hydrogen-bond donors (Lipinski definition) is 2. The first kappa shape index (κ1) is 18.5. The summed E-state index contributed by atoms with van der Waals surface area (Å²) in [7, 11) is 0. The second-order valence-corrected chi connectivity index (χ2v) is 6.02. The van der Waals surface area contributed by atoms with E-state index in [1.807, 2.05) is 22.9 Å². The van der Waals surface area contributed by atoms with Gasteiger partial charge in [0.25, 0.3) is 5.91 Å². The number of nitrogens with one attached hydrogen (secondary N) is 2. The third kappa shape index (κ3) is 4.36. The van der Waals surface area contributed by atoms with Crippen LogP contribution in [0.4, 0.5) is 0 Å². The second-order valence-electron chi connectivity index (χ2n) is 6.02. The SMILES string of the molecule is CCc1c(C(=O)NC2CCCNC2)cnn1Cc1ccccc1.Cl. The summed E-state index contributed by atoms with van der Waals surface area (Å²) >= 11 is 0. The van der Waals surface area contributed by atoms with Gasteiger partial charge < -0.3 is 10.6 Å². The van der Waals surface area contributed by atoms with Gasteiger partial charge >= 0.3 is 0 Å². The van der Waals surface area contributed by atoms with E-state index >= 15 is 0 Å². The molecular weight excluding hydrogens is 324 g/mol. The van der Waals surface area contributed by atoms with Gasteiger partial charge in [0.05, 0.1) is 24.0 Å². The summed E-state index contributed by atoms with van der Waals surface area (Å²) in [6, 6.07) is 10.4. The number of rotatable bonds is 5. The quantitative estimate of drug-likeness (QED) is 0.872. The molecule has 1 atom stereocenters. The Labute approximate surface area is 149 Å². The fraction of sp³-hybridized carbons (Fsp3) is 0.444. The van der Waals surface area contributed by atoms with Gasteiger partial charge in [0.15, 0.2) is 0 Å². The molecule has 0 radical (unpaired) electrons. The normalized spacial score (nSPS) is 17.1. The minimum absolute atomic E-state index is 0. The lowest BCUT2D eigenvalue weighted by Gasteiger charge is -2.23. The van der Waals surface area contributed by atoms with Crippen LogP contribution in [-0.4, -0.2) is 34.8 Å². The zero-order valence-corrected chi connectivity index (χ0v) is 14.8. The van der Waals surface area contributed by atoms with Crippen molar-refractivity contribution in [2.24, 2.45) is 0 Å². The van der Waals surface area contributed by atoms with Crippen LogP contribution >= 0.6 is 12.4 Å². The second kappa shape index (κ2) is 8.85. The average molecular weight is 349 g/mol. The van der Waals surface area contributed by atoms with Crippen molar-refractivity contribution in [2.75, 3.05) is 13.1 Å². The Balaban J connectivity index is 0.00000208. The van der Waals surface area contributed by atoms with Crippen LogP contribution in [-0.2, 0) is 13.0 Å². The van der Waals surface area contributed by atoms with E-state index in [1.54, 1.807) is 6.20 Å². The zero-order valence-electron chi connectivity index (χ0n) is 14.0. The molecule has 1 amide bonds. The molecule has 3 rings (SSSR count). The maximum absolute atomic E-state index is 12.6. The Morgan fingerprint density at radius 1 is 1.38 bits per heavy atom. The number of amides is 1. The van der Waals surface area contributed by atoms with E-state index in [2.05, 4.69) is 34.8 Å². The highest BCUT2D eigenvalue weighted by atomic mass is 35.5. The van der Waals surface area contributed by atoms with Crippen molar-refractivity contribution < 1.29 is 4.79 Å². The first-order chi connectivity index (χ1) is 11.3. The third-order valence-corrected chi connectivity index (χ3v) is 4.34. The van der Waals surface area contributed by atoms with Crippen molar-refractivity contribution in [1.29, 1.82) is 0 Å². The molecule has 5 nitrogen and oxygen atoms in total. The molecule has 6 heteroatoms. The number of aromatic nitrogens is 2. The minimum atomic E-state index is -0.00476. The number of carbonyl (C=O) groups is 1. The van der Waals surface area contributed by atoms with Gasteiger partial charge in [0.2, 0.25) is 0 Å². The van der Waals surface area contributed by atoms with Crippen molar-refractivity contribution in [3.63, 3.8) is 0 Å². The Hall–Kier alpha value is -1.85. The number of benzene rings is 1. The van der Waals surface area contributed by atoms with E-state index in [-0.39, 0.29) is 24.4 Å². The van der Waals surface area contributed by atoms with Crippen molar-refractivity contribution in [3.05, 3.63) is 53.3 Å². The number of piperidine rings is 1. The maximum Gasteiger partial charge on any atom is 0.255 e. The van der Waals surface area contributed by atoms with Crippen LogP contribution in [0.15, 0.2) is 36.5 Å². The molecule has 130 valence electrons. The Morgan fingerprint density at radius 2 is 2.17 bits per heavy atom. The molecule has 0 spiro atoms. The summed E-state index contributed by atoms with van der Waals surface area (Å²) in [6.45, 7) is 4.66. The zero-order chi connectivity index (χ0) is 16.1. The van der Waals surface area contributed by atoms with Gasteiger partial charge in [-0.25, -0.2) is 0 Å². The number of nitrogens with zero attached hydrogens (tertiary/aromatic N) is 2. The van der Waals surface area contributed by atoms with Gasteiger partial charge in [-0.05, 0) is 31.4 Å². The molecular formula is C18H25ClN4O. The van der Waals surface area contributed by atoms with Crippen LogP contribution in [0.2, 0.25) is 0 Å². The van der Waals surface area contributed by atoms with E-state index in [9.17, 15) is 4.79 Å². The Kier molecular flexibility index (Phi) is 6.82. The fourth-order valence-corrected chi connectivity index (χ4v) is 3.10. The van der Waals surface area contributed by atoms with Crippen LogP contribution in [0.3, 0.4) is 0 Å². The van der Waals surface area contributed by atoms with Crippen molar-refractivity contribution >= 4 is 18.3 Å². The maximum atomic E-state index is 12.6. The predicted molar refractivity (Wildman–Crippen MR) is 97.8 cm³/mol. The van der Waals surface area contributed by atoms with Crippen molar-refractivity contribution in [3.8, 4) is 0 Å². The lowest BCUT2D eigenvalue weighted by atomic mass is 10.1. The molecule has 1 saturated heterocycles. The van der Waals surface area contributed by atoms with Crippen LogP contribution in [0.1, 0.15) is 41.4 Å². The first-order valence-corrected chi connectivity index (χ1v) is 8.38. The van der Waals surface area contributed by atoms with Gasteiger partial charge in [-0.15, -0.1) is 12.4 Å². The summed E-state index contributed by atoms with van der Waals surface area (Å²) < 4.78 is 1.93. The van der Waals surface area contributed by atoms with Crippen LogP contribution in [0.25, 0.3) is 0 Å². The van der Waals surface area contributed by atoms with Gasteiger partial charge in [0.1, 0.15) is 0 Å². The molecule has 2 heterocycles. The van der Waals surface area contributed by atoms with Crippen LogP contribution in [0, 0.1) is 0 Å². The molecule has 2 N–H and O–H groups in total. The number of carbonyl (C=O) groups excluding carboxylic acids is 1.